The van der Waals surface area contributed by atoms with Gasteiger partial charge in [0.05, 0.1) is 12.3 Å². The normalized spacial score (nSPS) is 19.6. The number of amides is 1. The predicted molar refractivity (Wildman–Crippen MR) is 134 cm³/mol. The van der Waals surface area contributed by atoms with Crippen LogP contribution in [0.5, 0.6) is 0 Å². The number of carbonyl (C=O) groups is 1. The van der Waals surface area contributed by atoms with Crippen molar-refractivity contribution in [2.45, 2.75) is 38.1 Å². The summed E-state index contributed by atoms with van der Waals surface area (Å²) >= 11 is 0. The first kappa shape index (κ1) is 23.2. The van der Waals surface area contributed by atoms with Gasteiger partial charge in [-0.1, -0.05) is 6.92 Å². The number of hydrogen-bond acceptors (Lipinski definition) is 8. The first-order valence-electron chi connectivity index (χ1n) is 11.9. The fourth-order valence-electron chi connectivity index (χ4n) is 4.48. The smallest absolute Gasteiger partial charge is 0.251 e. The molecule has 1 unspecified atom stereocenters. The summed E-state index contributed by atoms with van der Waals surface area (Å²) in [6.45, 7) is 6.02. The Morgan fingerprint density at radius 3 is 2.83 bits per heavy atom. The topological polar surface area (TPSA) is 121 Å². The van der Waals surface area contributed by atoms with Gasteiger partial charge in [0.2, 0.25) is 5.95 Å². The van der Waals surface area contributed by atoms with Crippen LogP contribution in [0.25, 0.3) is 11.3 Å². The van der Waals surface area contributed by atoms with Gasteiger partial charge in [-0.25, -0.2) is 15.0 Å². The zero-order valence-electron chi connectivity index (χ0n) is 20.0. The van der Waals surface area contributed by atoms with Gasteiger partial charge in [0.25, 0.3) is 5.91 Å². The summed E-state index contributed by atoms with van der Waals surface area (Å²) in [6.07, 6.45) is 5.16. The van der Waals surface area contributed by atoms with E-state index in [0.29, 0.717) is 31.3 Å². The number of nitrogens with zero attached hydrogens (tertiary/aromatic N) is 3. The Labute approximate surface area is 204 Å². The SMILES string of the molecule is Cc1cc(C(=O)NC2CCOCC2)ccc1Nc1nccc(-c2cnc3c(c2)C(C)(CO)CN3)n1. The molecule has 0 bridgehead atoms. The van der Waals surface area contributed by atoms with Crippen LogP contribution in [0.4, 0.5) is 17.5 Å². The summed E-state index contributed by atoms with van der Waals surface area (Å²) in [5.74, 6) is 1.18. The van der Waals surface area contributed by atoms with Gasteiger partial charge in [-0.15, -0.1) is 0 Å². The Morgan fingerprint density at radius 2 is 2.06 bits per heavy atom. The lowest BCUT2D eigenvalue weighted by Crippen LogP contribution is -2.38. The van der Waals surface area contributed by atoms with Crippen LogP contribution < -0.4 is 16.0 Å². The van der Waals surface area contributed by atoms with Crippen molar-refractivity contribution in [3.05, 3.63) is 59.4 Å². The molecule has 9 nitrogen and oxygen atoms in total. The predicted octanol–water partition coefficient (Wildman–Crippen LogP) is 3.17. The largest absolute Gasteiger partial charge is 0.395 e. The molecule has 3 aromatic rings. The molecule has 0 saturated carbocycles. The number of ether oxygens (including phenoxy) is 1. The second kappa shape index (κ2) is 9.59. The van der Waals surface area contributed by atoms with Crippen molar-refractivity contribution in [3.8, 4) is 11.3 Å². The van der Waals surface area contributed by atoms with E-state index >= 15 is 0 Å². The van der Waals surface area contributed by atoms with Gasteiger partial charge in [0.1, 0.15) is 5.82 Å². The summed E-state index contributed by atoms with van der Waals surface area (Å²) in [5.41, 5.74) is 4.57. The minimum absolute atomic E-state index is 0.0388. The van der Waals surface area contributed by atoms with Gasteiger partial charge in [-0.2, -0.15) is 0 Å². The van der Waals surface area contributed by atoms with Gasteiger partial charge in [-0.05, 0) is 55.7 Å². The molecule has 0 aliphatic carbocycles. The van der Waals surface area contributed by atoms with Crippen LogP contribution in [-0.2, 0) is 10.2 Å². The molecule has 1 fully saturated rings. The fourth-order valence-corrected chi connectivity index (χ4v) is 4.48. The van der Waals surface area contributed by atoms with Crippen molar-refractivity contribution >= 4 is 23.4 Å². The molecule has 2 aliphatic heterocycles. The Morgan fingerprint density at radius 1 is 1.23 bits per heavy atom. The Balaban J connectivity index is 1.32. The van der Waals surface area contributed by atoms with Crippen LogP contribution in [0.3, 0.4) is 0 Å². The zero-order valence-corrected chi connectivity index (χ0v) is 20.0. The number of anilines is 3. The molecule has 1 atom stereocenters. The van der Waals surface area contributed by atoms with Crippen LogP contribution in [0, 0.1) is 6.92 Å². The van der Waals surface area contributed by atoms with Crippen LogP contribution >= 0.6 is 0 Å². The number of aryl methyl sites for hydroxylation is 1. The third kappa shape index (κ3) is 4.82. The molecular weight excluding hydrogens is 444 g/mol. The van der Waals surface area contributed by atoms with Gasteiger partial charge >= 0.3 is 0 Å². The van der Waals surface area contributed by atoms with Crippen LogP contribution in [0.15, 0.2) is 42.7 Å². The van der Waals surface area contributed by atoms with E-state index in [9.17, 15) is 9.90 Å². The molecule has 5 rings (SSSR count). The highest BCUT2D eigenvalue weighted by molar-refractivity contribution is 5.95. The number of benzene rings is 1. The van der Waals surface area contributed by atoms with Crippen molar-refractivity contribution < 1.29 is 14.6 Å². The summed E-state index contributed by atoms with van der Waals surface area (Å²) in [5, 5.41) is 19.5. The lowest BCUT2D eigenvalue weighted by molar-refractivity contribution is 0.0696. The summed E-state index contributed by atoms with van der Waals surface area (Å²) in [4.78, 5) is 26.2. The van der Waals surface area contributed by atoms with Crippen molar-refractivity contribution in [1.82, 2.24) is 20.3 Å². The molecule has 2 aromatic heterocycles. The number of nitrogens with one attached hydrogen (secondary N) is 3. The number of fused-ring (bicyclic) bond motifs is 1. The monoisotopic (exact) mass is 474 g/mol. The number of pyridine rings is 1. The third-order valence-electron chi connectivity index (χ3n) is 6.78. The standard InChI is InChI=1S/C26H30N6O3/c1-16-11-17(24(34)30-19-6-9-35-10-7-19)3-4-21(16)31-25-27-8-5-22(32-25)18-12-20-23(28-13-18)29-14-26(20,2)15-33/h3-5,8,11-13,19,33H,6-7,9-10,14-15H2,1-2H3,(H,28,29)(H,30,34)(H,27,31,32). The number of hydrogen-bond donors (Lipinski definition) is 4. The van der Waals surface area contributed by atoms with Crippen molar-refractivity contribution in [1.29, 1.82) is 0 Å². The van der Waals surface area contributed by atoms with Gasteiger partial charge < -0.3 is 25.8 Å². The molecule has 4 N–H and O–H groups in total. The second-order valence-electron chi connectivity index (χ2n) is 9.47. The molecule has 1 saturated heterocycles. The molecule has 2 aliphatic rings. The van der Waals surface area contributed by atoms with E-state index in [-0.39, 0.29) is 24.0 Å². The van der Waals surface area contributed by atoms with Crippen LogP contribution in [-0.4, -0.2) is 58.4 Å². The number of aromatic nitrogens is 3. The highest BCUT2D eigenvalue weighted by Gasteiger charge is 2.35. The van der Waals surface area contributed by atoms with Crippen LogP contribution in [0.2, 0.25) is 0 Å². The Kier molecular flexibility index (Phi) is 6.36. The van der Waals surface area contributed by atoms with Gasteiger partial charge in [0.15, 0.2) is 0 Å². The molecule has 4 heterocycles. The zero-order chi connectivity index (χ0) is 24.4. The maximum atomic E-state index is 12.7. The van der Waals surface area contributed by atoms with E-state index in [2.05, 4.69) is 30.9 Å². The van der Waals surface area contributed by atoms with Gasteiger partial charge in [-0.3, -0.25) is 4.79 Å². The highest BCUT2D eigenvalue weighted by Crippen LogP contribution is 2.37. The van der Waals surface area contributed by atoms with E-state index in [1.54, 1.807) is 18.5 Å². The second-order valence-corrected chi connectivity index (χ2v) is 9.47. The van der Waals surface area contributed by atoms with E-state index in [0.717, 1.165) is 46.7 Å². The van der Waals surface area contributed by atoms with Crippen molar-refractivity contribution in [3.63, 3.8) is 0 Å². The molecule has 35 heavy (non-hydrogen) atoms. The number of carbonyl (C=O) groups excluding carboxylic acids is 1. The Hall–Kier alpha value is -3.56. The third-order valence-corrected chi connectivity index (χ3v) is 6.78. The average molecular weight is 475 g/mol. The first-order chi connectivity index (χ1) is 16.9. The van der Waals surface area contributed by atoms with E-state index in [1.165, 1.54) is 0 Å². The lowest BCUT2D eigenvalue weighted by Gasteiger charge is -2.23. The fraction of sp³-hybridized carbons (Fsp3) is 0.385. The maximum absolute atomic E-state index is 12.7. The number of rotatable bonds is 6. The van der Waals surface area contributed by atoms with E-state index < -0.39 is 0 Å². The van der Waals surface area contributed by atoms with Crippen molar-refractivity contribution in [2.24, 2.45) is 0 Å². The average Bonchev–Trinajstić information content (AvgIpc) is 3.22. The lowest BCUT2D eigenvalue weighted by atomic mass is 9.85. The Bertz CT molecular complexity index is 1240. The molecule has 9 heteroatoms. The molecule has 182 valence electrons. The highest BCUT2D eigenvalue weighted by atomic mass is 16.5. The molecular formula is C26H30N6O3. The summed E-state index contributed by atoms with van der Waals surface area (Å²) in [6, 6.07) is 9.57. The van der Waals surface area contributed by atoms with E-state index in [1.807, 2.05) is 38.1 Å². The molecule has 0 radical (unpaired) electrons. The number of aliphatic hydroxyl groups excluding tert-OH is 1. The molecule has 1 amide bonds. The quantitative estimate of drug-likeness (QED) is 0.430. The summed E-state index contributed by atoms with van der Waals surface area (Å²) < 4.78 is 5.36. The van der Waals surface area contributed by atoms with E-state index in [4.69, 9.17) is 4.74 Å². The van der Waals surface area contributed by atoms with Crippen LogP contribution in [0.1, 0.15) is 41.3 Å². The minimum atomic E-state index is -0.373. The number of aliphatic hydroxyl groups is 1. The summed E-state index contributed by atoms with van der Waals surface area (Å²) in [7, 11) is 0. The molecule has 1 aromatic carbocycles. The van der Waals surface area contributed by atoms with Gasteiger partial charge in [0, 0.05) is 66.0 Å². The molecule has 0 spiro atoms. The maximum Gasteiger partial charge on any atom is 0.251 e. The van der Waals surface area contributed by atoms with Crippen molar-refractivity contribution in [2.75, 3.05) is 37.0 Å². The first-order valence-corrected chi connectivity index (χ1v) is 11.9. The minimum Gasteiger partial charge on any atom is -0.395 e.